The van der Waals surface area contributed by atoms with E-state index in [1.807, 2.05) is 48.5 Å². The number of hydrogen-bond acceptors (Lipinski definition) is 6. The Labute approximate surface area is 229 Å². The number of primary amides is 1. The summed E-state index contributed by atoms with van der Waals surface area (Å²) in [5.41, 5.74) is 13.3. The molecule has 0 aromatic heterocycles. The second kappa shape index (κ2) is 13.8. The normalized spacial score (nSPS) is 13.7. The first kappa shape index (κ1) is 29.9. The molecule has 1 aliphatic heterocycles. The molecule has 0 saturated carbocycles. The summed E-state index contributed by atoms with van der Waals surface area (Å²) in [5.74, 6) is -1.06. The van der Waals surface area contributed by atoms with E-state index < -0.39 is 11.8 Å². The van der Waals surface area contributed by atoms with Crippen molar-refractivity contribution in [3.8, 4) is 5.75 Å². The molecule has 4 rings (SSSR count). The zero-order valence-electron chi connectivity index (χ0n) is 20.5. The van der Waals surface area contributed by atoms with Gasteiger partial charge in [-0.3, -0.25) is 14.5 Å². The van der Waals surface area contributed by atoms with Crippen LogP contribution < -0.4 is 21.1 Å². The Morgan fingerprint density at radius 3 is 2.32 bits per heavy atom. The van der Waals surface area contributed by atoms with Crippen LogP contribution >= 0.6 is 24.8 Å². The van der Waals surface area contributed by atoms with Crippen LogP contribution in [0.15, 0.2) is 60.7 Å². The van der Waals surface area contributed by atoms with Crippen molar-refractivity contribution in [2.45, 2.75) is 31.9 Å². The van der Waals surface area contributed by atoms with Crippen molar-refractivity contribution in [2.75, 3.05) is 30.3 Å². The van der Waals surface area contributed by atoms with E-state index in [1.54, 1.807) is 12.1 Å². The zero-order chi connectivity index (χ0) is 24.8. The minimum Gasteiger partial charge on any atom is -0.490 e. The van der Waals surface area contributed by atoms with Crippen molar-refractivity contribution in [3.05, 3.63) is 66.2 Å². The van der Waals surface area contributed by atoms with Crippen LogP contribution in [-0.2, 0) is 16.1 Å². The van der Waals surface area contributed by atoms with Crippen molar-refractivity contribution in [2.24, 2.45) is 5.73 Å². The summed E-state index contributed by atoms with van der Waals surface area (Å²) in [4.78, 5) is 28.1. The number of nitrogen functional groups attached to an aromatic ring is 1. The molecule has 0 unspecified atom stereocenters. The molecule has 8 nitrogen and oxygen atoms in total. The first-order chi connectivity index (χ1) is 16.9. The number of nitrogens with one attached hydrogen (secondary N) is 1. The number of carbonyl (C=O) groups excluding carboxylic acids is 2. The number of carbonyl (C=O) groups is 2. The van der Waals surface area contributed by atoms with Gasteiger partial charge in [-0.05, 0) is 84.3 Å². The molecule has 10 heteroatoms. The number of nitrogens with zero attached hydrogens (tertiary/aromatic N) is 2. The summed E-state index contributed by atoms with van der Waals surface area (Å²) in [7, 11) is 0. The Morgan fingerprint density at radius 2 is 1.68 bits per heavy atom. The lowest BCUT2D eigenvalue weighted by Crippen LogP contribution is -2.40. The highest BCUT2D eigenvalue weighted by Gasteiger charge is 2.23. The van der Waals surface area contributed by atoms with Crippen molar-refractivity contribution in [1.29, 1.82) is 5.41 Å². The van der Waals surface area contributed by atoms with Gasteiger partial charge in [0.2, 0.25) is 0 Å². The van der Waals surface area contributed by atoms with Gasteiger partial charge in [0.15, 0.2) is 0 Å². The van der Waals surface area contributed by atoms with Crippen LogP contribution in [0, 0.1) is 5.41 Å². The molecule has 0 aliphatic carbocycles. The lowest BCUT2D eigenvalue weighted by molar-refractivity contribution is -0.135. The molecule has 2 amide bonds. The monoisotopic (exact) mass is 545 g/mol. The van der Waals surface area contributed by atoms with Crippen LogP contribution in [0.3, 0.4) is 0 Å². The van der Waals surface area contributed by atoms with Gasteiger partial charge in [0.1, 0.15) is 11.9 Å². The van der Waals surface area contributed by atoms with Gasteiger partial charge in [-0.15, -0.1) is 24.8 Å². The van der Waals surface area contributed by atoms with E-state index >= 15 is 0 Å². The molecule has 5 N–H and O–H groups in total. The molecule has 1 heterocycles. The fourth-order valence-corrected chi connectivity index (χ4v) is 4.40. The fraction of sp³-hybridized carbons (Fsp3) is 0.296. The van der Waals surface area contributed by atoms with Crippen LogP contribution in [0.4, 0.5) is 11.4 Å². The Balaban J connectivity index is 0.00000241. The number of anilines is 2. The third-order valence-corrected chi connectivity index (χ3v) is 6.30. The number of likely N-dealkylation sites (tertiary alicyclic amines) is 1. The molecule has 1 fully saturated rings. The van der Waals surface area contributed by atoms with Gasteiger partial charge in [0, 0.05) is 31.0 Å². The number of halogens is 2. The molecule has 1 aliphatic rings. The number of amides is 2. The third-order valence-electron chi connectivity index (χ3n) is 6.30. The largest absolute Gasteiger partial charge is 0.490 e. The Hall–Kier alpha value is -3.33. The average molecular weight is 546 g/mol. The summed E-state index contributed by atoms with van der Waals surface area (Å²) < 4.78 is 6.15. The number of fused-ring (bicyclic) bond motifs is 1. The lowest BCUT2D eigenvalue weighted by atomic mass is 10.1. The summed E-state index contributed by atoms with van der Waals surface area (Å²) in [6, 6.07) is 18.7. The quantitative estimate of drug-likeness (QED) is 0.222. The van der Waals surface area contributed by atoms with E-state index in [0.29, 0.717) is 11.4 Å². The summed E-state index contributed by atoms with van der Waals surface area (Å²) in [5, 5.41) is 9.18. The van der Waals surface area contributed by atoms with Crippen LogP contribution in [-0.4, -0.2) is 48.7 Å². The van der Waals surface area contributed by atoms with Crippen molar-refractivity contribution in [1.82, 2.24) is 4.90 Å². The Morgan fingerprint density at radius 1 is 1.00 bits per heavy atom. The third kappa shape index (κ3) is 7.82. The molecule has 1 saturated heterocycles. The number of nitrogens with two attached hydrogens (primary N) is 2. The van der Waals surface area contributed by atoms with Crippen LogP contribution in [0.2, 0.25) is 0 Å². The SMILES string of the molecule is Cl.Cl.N=CCCN1CCC(Oc2ccc(N(Cc3ccc4ccc(N)cc4c3)C(=O)C(N)=O)cc2)CC1. The predicted octanol–water partition coefficient (Wildman–Crippen LogP) is 4.17. The topological polar surface area (TPSA) is 126 Å². The van der Waals surface area contributed by atoms with Crippen LogP contribution in [0.1, 0.15) is 24.8 Å². The standard InChI is InChI=1S/C27H31N5O3.2ClH/c28-12-1-13-31-14-10-25(11-15-31)35-24-8-6-23(7-9-24)32(27(34)26(30)33)18-19-2-3-20-4-5-22(29)17-21(20)16-19;;/h2-9,12,16-17,25,28H,1,10-11,13-15,18,29H2,(H2,30,33);2*1H. The molecular formula is C27H33Cl2N5O3. The number of benzene rings is 3. The van der Waals surface area contributed by atoms with Gasteiger partial charge < -0.3 is 26.5 Å². The van der Waals surface area contributed by atoms with E-state index in [0.717, 1.165) is 61.0 Å². The first-order valence-electron chi connectivity index (χ1n) is 11.8. The summed E-state index contributed by atoms with van der Waals surface area (Å²) in [6.45, 7) is 3.02. The number of hydrogen-bond donors (Lipinski definition) is 3. The molecule has 3 aromatic rings. The smallest absolute Gasteiger partial charge is 0.316 e. The van der Waals surface area contributed by atoms with E-state index in [9.17, 15) is 9.59 Å². The molecule has 0 bridgehead atoms. The minimum atomic E-state index is -1.01. The first-order valence-corrected chi connectivity index (χ1v) is 11.8. The summed E-state index contributed by atoms with van der Waals surface area (Å²) >= 11 is 0. The van der Waals surface area contributed by atoms with E-state index in [-0.39, 0.29) is 37.5 Å². The van der Waals surface area contributed by atoms with Gasteiger partial charge in [-0.25, -0.2) is 0 Å². The molecule has 37 heavy (non-hydrogen) atoms. The lowest BCUT2D eigenvalue weighted by Gasteiger charge is -2.32. The molecule has 0 spiro atoms. The second-order valence-corrected chi connectivity index (χ2v) is 8.84. The van der Waals surface area contributed by atoms with Gasteiger partial charge >= 0.3 is 11.8 Å². The van der Waals surface area contributed by atoms with E-state index in [1.165, 1.54) is 11.1 Å². The van der Waals surface area contributed by atoms with Crippen LogP contribution in [0.25, 0.3) is 10.8 Å². The Kier molecular flexibility index (Phi) is 11.2. The number of rotatable bonds is 8. The maximum absolute atomic E-state index is 12.7. The van der Waals surface area contributed by atoms with Crippen molar-refractivity contribution < 1.29 is 14.3 Å². The van der Waals surface area contributed by atoms with Gasteiger partial charge in [-0.1, -0.05) is 18.2 Å². The van der Waals surface area contributed by atoms with Gasteiger partial charge in [0.05, 0.1) is 6.54 Å². The molecule has 3 aromatic carbocycles. The molecular weight excluding hydrogens is 513 g/mol. The number of piperidine rings is 1. The maximum Gasteiger partial charge on any atom is 0.316 e. The molecule has 198 valence electrons. The maximum atomic E-state index is 12.7. The van der Waals surface area contributed by atoms with Crippen molar-refractivity contribution >= 4 is 65.0 Å². The highest BCUT2D eigenvalue weighted by Crippen LogP contribution is 2.26. The minimum absolute atomic E-state index is 0. The van der Waals surface area contributed by atoms with E-state index in [4.69, 9.17) is 21.6 Å². The van der Waals surface area contributed by atoms with Gasteiger partial charge in [0.25, 0.3) is 0 Å². The fourth-order valence-electron chi connectivity index (χ4n) is 4.40. The molecule has 0 radical (unpaired) electrons. The van der Waals surface area contributed by atoms with Crippen LogP contribution in [0.5, 0.6) is 5.75 Å². The van der Waals surface area contributed by atoms with Gasteiger partial charge in [-0.2, -0.15) is 0 Å². The average Bonchev–Trinajstić information content (AvgIpc) is 2.86. The van der Waals surface area contributed by atoms with Crippen molar-refractivity contribution in [3.63, 3.8) is 0 Å². The molecule has 0 atom stereocenters. The zero-order valence-corrected chi connectivity index (χ0v) is 22.1. The second-order valence-electron chi connectivity index (χ2n) is 8.84. The number of ether oxygens (including phenoxy) is 1. The predicted molar refractivity (Wildman–Crippen MR) is 153 cm³/mol. The van der Waals surface area contributed by atoms with E-state index in [2.05, 4.69) is 4.90 Å². The Bertz CT molecular complexity index is 1210. The summed E-state index contributed by atoms with van der Waals surface area (Å²) in [6.07, 6.45) is 4.22. The highest BCUT2D eigenvalue weighted by atomic mass is 35.5. The highest BCUT2D eigenvalue weighted by molar-refractivity contribution is 6.39.